The largest absolute Gasteiger partial charge is 0.387 e. The van der Waals surface area contributed by atoms with Crippen LogP contribution in [0, 0.1) is 11.3 Å². The number of pyridine rings is 1. The number of nitrogens with one attached hydrogen (secondary N) is 3. The SMILES string of the molecule is COCC(=O)NC1CCC(Nc2cc(-c3ccc4cc(C#N)cnn34)ncc2C(=O)NC[C@@H](F)C(C)(C)O)CC1. The first-order chi connectivity index (χ1) is 19.1. The van der Waals surface area contributed by atoms with Crippen molar-refractivity contribution in [2.24, 2.45) is 0 Å². The minimum absolute atomic E-state index is 0.0186. The third-order valence-corrected chi connectivity index (χ3v) is 6.98. The van der Waals surface area contributed by atoms with E-state index in [9.17, 15) is 24.3 Å². The Balaban J connectivity index is 1.57. The summed E-state index contributed by atoms with van der Waals surface area (Å²) in [6.07, 6.45) is 4.29. The Morgan fingerprint density at radius 3 is 2.62 bits per heavy atom. The molecule has 0 radical (unpaired) electrons. The molecule has 1 atom stereocenters. The zero-order valence-corrected chi connectivity index (χ0v) is 22.8. The van der Waals surface area contributed by atoms with Crippen LogP contribution in [-0.4, -0.2) is 75.6 Å². The molecular weight excluding hydrogens is 517 g/mol. The smallest absolute Gasteiger partial charge is 0.255 e. The number of hydrogen-bond acceptors (Lipinski definition) is 8. The number of halogens is 1. The van der Waals surface area contributed by atoms with Crippen molar-refractivity contribution in [1.82, 2.24) is 25.2 Å². The Bertz CT molecular complexity index is 1400. The highest BCUT2D eigenvalue weighted by atomic mass is 19.1. The Kier molecular flexibility index (Phi) is 8.96. The summed E-state index contributed by atoms with van der Waals surface area (Å²) in [6.45, 7) is 2.35. The summed E-state index contributed by atoms with van der Waals surface area (Å²) in [6, 6.07) is 9.29. The molecule has 0 spiro atoms. The van der Waals surface area contributed by atoms with Crippen molar-refractivity contribution in [2.75, 3.05) is 25.6 Å². The zero-order chi connectivity index (χ0) is 28.9. The fourth-order valence-electron chi connectivity index (χ4n) is 4.68. The standard InChI is InChI=1S/C28H34FN7O4/c1-28(2,39)25(29)15-32-27(38)21-14-31-23(24-9-8-20-10-17(12-30)13-33-36(20)24)11-22(21)34-18-4-6-19(7-5-18)35-26(37)16-40-3/h8-11,13-14,18-19,25,39H,4-7,15-16H2,1-3H3,(H,31,34)(H,32,38)(H,35,37)/t18?,19?,25-/m1/s1. The van der Waals surface area contributed by atoms with E-state index in [1.807, 2.05) is 12.1 Å². The number of aromatic nitrogens is 3. The molecule has 0 unspecified atom stereocenters. The van der Waals surface area contributed by atoms with Crippen molar-refractivity contribution in [1.29, 1.82) is 5.26 Å². The van der Waals surface area contributed by atoms with E-state index in [-0.39, 0.29) is 36.7 Å². The summed E-state index contributed by atoms with van der Waals surface area (Å²) in [7, 11) is 1.48. The number of ether oxygens (including phenoxy) is 1. The van der Waals surface area contributed by atoms with Crippen molar-refractivity contribution in [3.8, 4) is 17.5 Å². The molecule has 1 saturated carbocycles. The Morgan fingerprint density at radius 1 is 1.23 bits per heavy atom. The number of aliphatic hydroxyl groups is 1. The molecule has 3 aromatic heterocycles. The summed E-state index contributed by atoms with van der Waals surface area (Å²) >= 11 is 0. The van der Waals surface area contributed by atoms with Crippen LogP contribution in [0.4, 0.5) is 10.1 Å². The molecule has 2 amide bonds. The van der Waals surface area contributed by atoms with E-state index < -0.39 is 17.7 Å². The maximum absolute atomic E-state index is 14.3. The van der Waals surface area contributed by atoms with Crippen LogP contribution in [0.2, 0.25) is 0 Å². The second-order valence-electron chi connectivity index (χ2n) is 10.6. The molecule has 0 aliphatic heterocycles. The topological polar surface area (TPSA) is 154 Å². The van der Waals surface area contributed by atoms with Gasteiger partial charge < -0.3 is 25.8 Å². The van der Waals surface area contributed by atoms with Gasteiger partial charge in [0.15, 0.2) is 0 Å². The van der Waals surface area contributed by atoms with Crippen LogP contribution in [0.25, 0.3) is 16.9 Å². The number of methoxy groups -OCH3 is 1. The summed E-state index contributed by atoms with van der Waals surface area (Å²) < 4.78 is 20.9. The number of fused-ring (bicyclic) bond motifs is 1. The average Bonchev–Trinajstić information content (AvgIpc) is 3.35. The second-order valence-corrected chi connectivity index (χ2v) is 10.6. The monoisotopic (exact) mass is 551 g/mol. The Morgan fingerprint density at radius 2 is 1.95 bits per heavy atom. The van der Waals surface area contributed by atoms with E-state index >= 15 is 0 Å². The summed E-state index contributed by atoms with van der Waals surface area (Å²) in [5.74, 6) is -0.672. The van der Waals surface area contributed by atoms with E-state index in [1.54, 1.807) is 16.6 Å². The van der Waals surface area contributed by atoms with Crippen molar-refractivity contribution >= 4 is 23.0 Å². The van der Waals surface area contributed by atoms with Gasteiger partial charge in [-0.05, 0) is 63.8 Å². The molecule has 1 aliphatic carbocycles. The number of anilines is 1. The number of amides is 2. The minimum atomic E-state index is -1.65. The Labute approximate surface area is 231 Å². The zero-order valence-electron chi connectivity index (χ0n) is 22.8. The van der Waals surface area contributed by atoms with Crippen LogP contribution in [0.15, 0.2) is 36.7 Å². The van der Waals surface area contributed by atoms with Gasteiger partial charge >= 0.3 is 0 Å². The van der Waals surface area contributed by atoms with Crippen molar-refractivity contribution in [3.05, 3.63) is 47.8 Å². The van der Waals surface area contributed by atoms with Crippen LogP contribution in [-0.2, 0) is 9.53 Å². The number of alkyl halides is 1. The van der Waals surface area contributed by atoms with E-state index in [4.69, 9.17) is 4.74 Å². The molecule has 0 bridgehead atoms. The molecule has 212 valence electrons. The van der Waals surface area contributed by atoms with Gasteiger partial charge in [0.1, 0.15) is 18.8 Å². The molecule has 11 nitrogen and oxygen atoms in total. The second kappa shape index (κ2) is 12.4. The fourth-order valence-corrected chi connectivity index (χ4v) is 4.68. The van der Waals surface area contributed by atoms with Gasteiger partial charge in [-0.1, -0.05) is 0 Å². The molecule has 12 heteroatoms. The van der Waals surface area contributed by atoms with Crippen LogP contribution in [0.3, 0.4) is 0 Å². The number of carbonyl (C=O) groups is 2. The maximum Gasteiger partial charge on any atom is 0.255 e. The highest BCUT2D eigenvalue weighted by Gasteiger charge is 2.28. The quantitative estimate of drug-likeness (QED) is 0.300. The predicted octanol–water partition coefficient (Wildman–Crippen LogP) is 2.59. The molecule has 3 heterocycles. The van der Waals surface area contributed by atoms with Gasteiger partial charge in [0, 0.05) is 25.4 Å². The first kappa shape index (κ1) is 28.9. The van der Waals surface area contributed by atoms with Gasteiger partial charge in [-0.2, -0.15) is 10.4 Å². The van der Waals surface area contributed by atoms with Crippen LogP contribution in [0.1, 0.15) is 55.5 Å². The lowest BCUT2D eigenvalue weighted by molar-refractivity contribution is -0.125. The van der Waals surface area contributed by atoms with Crippen molar-refractivity contribution in [2.45, 2.75) is 63.4 Å². The molecule has 0 aromatic carbocycles. The maximum atomic E-state index is 14.3. The Hall–Kier alpha value is -4.08. The molecule has 1 fully saturated rings. The van der Waals surface area contributed by atoms with E-state index in [0.717, 1.165) is 31.2 Å². The lowest BCUT2D eigenvalue weighted by Gasteiger charge is -2.31. The highest BCUT2D eigenvalue weighted by molar-refractivity contribution is 6.00. The van der Waals surface area contributed by atoms with E-state index in [2.05, 4.69) is 32.1 Å². The lowest BCUT2D eigenvalue weighted by atomic mass is 9.90. The van der Waals surface area contributed by atoms with Crippen LogP contribution < -0.4 is 16.0 Å². The first-order valence-electron chi connectivity index (χ1n) is 13.2. The van der Waals surface area contributed by atoms with Crippen LogP contribution >= 0.6 is 0 Å². The number of nitrogens with zero attached hydrogens (tertiary/aromatic N) is 4. The molecule has 0 saturated heterocycles. The number of nitriles is 1. The molecule has 4 rings (SSSR count). The van der Waals surface area contributed by atoms with Gasteiger partial charge in [0.25, 0.3) is 5.91 Å². The third kappa shape index (κ3) is 6.91. The van der Waals surface area contributed by atoms with Gasteiger partial charge in [-0.3, -0.25) is 14.6 Å². The van der Waals surface area contributed by atoms with E-state index in [1.165, 1.54) is 33.4 Å². The number of rotatable bonds is 10. The predicted molar refractivity (Wildman–Crippen MR) is 146 cm³/mol. The molecule has 4 N–H and O–H groups in total. The third-order valence-electron chi connectivity index (χ3n) is 6.98. The number of hydrogen-bond donors (Lipinski definition) is 4. The highest BCUT2D eigenvalue weighted by Crippen LogP contribution is 2.29. The molecule has 40 heavy (non-hydrogen) atoms. The van der Waals surface area contributed by atoms with Gasteiger partial charge in [-0.15, -0.1) is 0 Å². The fraction of sp³-hybridized carbons (Fsp3) is 0.464. The van der Waals surface area contributed by atoms with Crippen molar-refractivity contribution in [3.63, 3.8) is 0 Å². The van der Waals surface area contributed by atoms with Crippen LogP contribution in [0.5, 0.6) is 0 Å². The summed E-state index contributed by atoms with van der Waals surface area (Å²) in [5, 5.41) is 32.4. The van der Waals surface area contributed by atoms with E-state index in [0.29, 0.717) is 22.6 Å². The number of carbonyl (C=O) groups excluding carboxylic acids is 2. The minimum Gasteiger partial charge on any atom is -0.387 e. The summed E-state index contributed by atoms with van der Waals surface area (Å²) in [4.78, 5) is 29.5. The lowest BCUT2D eigenvalue weighted by Crippen LogP contribution is -2.42. The average molecular weight is 552 g/mol. The van der Waals surface area contributed by atoms with Crippen molar-refractivity contribution < 1.29 is 23.8 Å². The normalized spacial score (nSPS) is 18.1. The van der Waals surface area contributed by atoms with Gasteiger partial charge in [-0.25, -0.2) is 8.91 Å². The first-order valence-corrected chi connectivity index (χ1v) is 13.2. The molecule has 1 aliphatic rings. The molecular formula is C28H34FN7O4. The molecule has 3 aromatic rings. The van der Waals surface area contributed by atoms with Gasteiger partial charge in [0.05, 0.1) is 52.1 Å². The van der Waals surface area contributed by atoms with Gasteiger partial charge in [0.2, 0.25) is 5.91 Å². The summed E-state index contributed by atoms with van der Waals surface area (Å²) in [5.41, 5.74) is 1.55.